The monoisotopic (exact) mass is 371 g/mol. The van der Waals surface area contributed by atoms with Crippen LogP contribution in [0.25, 0.3) is 0 Å². The largest absolute Gasteiger partial charge is 0.476 e. The molecule has 0 radical (unpaired) electrons. The van der Waals surface area contributed by atoms with E-state index in [4.69, 9.17) is 9.84 Å². The number of rotatable bonds is 4. The molecular formula is C18H21N5O4. The van der Waals surface area contributed by atoms with Crippen LogP contribution in [0.3, 0.4) is 0 Å². The summed E-state index contributed by atoms with van der Waals surface area (Å²) < 4.78 is 6.96. The SMILES string of the molecule is O=C(O)c1cn(C2CCN(C(=O)c3ccccc3N3CCOCC3)C2)nn1. The van der Waals surface area contributed by atoms with Crippen LogP contribution in [0.15, 0.2) is 30.5 Å². The summed E-state index contributed by atoms with van der Waals surface area (Å²) in [5.74, 6) is -1.12. The Labute approximate surface area is 156 Å². The number of nitrogens with zero attached hydrogens (tertiary/aromatic N) is 5. The number of carboxylic acids is 1. The predicted octanol–water partition coefficient (Wildman–Crippen LogP) is 0.900. The van der Waals surface area contributed by atoms with E-state index in [1.165, 1.54) is 6.20 Å². The number of carbonyl (C=O) groups is 2. The van der Waals surface area contributed by atoms with Gasteiger partial charge in [-0.1, -0.05) is 17.3 Å². The van der Waals surface area contributed by atoms with E-state index in [0.717, 1.165) is 18.8 Å². The first kappa shape index (κ1) is 17.5. The van der Waals surface area contributed by atoms with Gasteiger partial charge in [-0.15, -0.1) is 5.10 Å². The highest BCUT2D eigenvalue weighted by molar-refractivity contribution is 6.00. The van der Waals surface area contributed by atoms with E-state index in [-0.39, 0.29) is 17.6 Å². The van der Waals surface area contributed by atoms with Gasteiger partial charge in [-0.25, -0.2) is 9.48 Å². The van der Waals surface area contributed by atoms with Gasteiger partial charge in [0.1, 0.15) is 0 Å². The minimum atomic E-state index is -1.10. The zero-order valence-corrected chi connectivity index (χ0v) is 14.8. The van der Waals surface area contributed by atoms with E-state index in [1.807, 2.05) is 24.3 Å². The number of carboxylic acid groups (broad SMARTS) is 1. The third-order valence-corrected chi connectivity index (χ3v) is 5.04. The molecule has 1 atom stereocenters. The normalized spacial score (nSPS) is 20.1. The zero-order valence-electron chi connectivity index (χ0n) is 14.8. The van der Waals surface area contributed by atoms with Gasteiger partial charge in [0, 0.05) is 31.9 Å². The van der Waals surface area contributed by atoms with Crippen LogP contribution >= 0.6 is 0 Å². The van der Waals surface area contributed by atoms with Gasteiger partial charge in [-0.3, -0.25) is 4.79 Å². The zero-order chi connectivity index (χ0) is 18.8. The fourth-order valence-corrected chi connectivity index (χ4v) is 3.60. The number of benzene rings is 1. The number of hydrogen-bond donors (Lipinski definition) is 1. The van der Waals surface area contributed by atoms with E-state index in [9.17, 15) is 9.59 Å². The molecule has 4 rings (SSSR count). The van der Waals surface area contributed by atoms with Crippen molar-refractivity contribution in [3.63, 3.8) is 0 Å². The summed E-state index contributed by atoms with van der Waals surface area (Å²) in [4.78, 5) is 28.1. The first-order valence-electron chi connectivity index (χ1n) is 8.99. The van der Waals surface area contributed by atoms with Crippen molar-refractivity contribution < 1.29 is 19.4 Å². The lowest BCUT2D eigenvalue weighted by molar-refractivity contribution is 0.0689. The number of amides is 1. The average molecular weight is 371 g/mol. The lowest BCUT2D eigenvalue weighted by Gasteiger charge is -2.31. The lowest BCUT2D eigenvalue weighted by Crippen LogP contribution is -2.38. The molecule has 142 valence electrons. The van der Waals surface area contributed by atoms with Crippen molar-refractivity contribution in [2.45, 2.75) is 12.5 Å². The van der Waals surface area contributed by atoms with Crippen molar-refractivity contribution in [2.24, 2.45) is 0 Å². The van der Waals surface area contributed by atoms with E-state index < -0.39 is 5.97 Å². The maximum absolute atomic E-state index is 13.1. The first-order valence-corrected chi connectivity index (χ1v) is 8.99. The predicted molar refractivity (Wildman–Crippen MR) is 96.0 cm³/mol. The van der Waals surface area contributed by atoms with Gasteiger partial charge in [0.2, 0.25) is 0 Å². The van der Waals surface area contributed by atoms with Gasteiger partial charge in [-0.2, -0.15) is 0 Å². The number of aromatic carboxylic acids is 1. The molecule has 2 aromatic rings. The molecule has 0 bridgehead atoms. The minimum Gasteiger partial charge on any atom is -0.476 e. The average Bonchev–Trinajstić information content (AvgIpc) is 3.38. The summed E-state index contributed by atoms with van der Waals surface area (Å²) in [7, 11) is 0. The van der Waals surface area contributed by atoms with Crippen molar-refractivity contribution in [3.05, 3.63) is 41.7 Å². The highest BCUT2D eigenvalue weighted by Gasteiger charge is 2.31. The summed E-state index contributed by atoms with van der Waals surface area (Å²) in [6, 6.07) is 7.59. The second-order valence-electron chi connectivity index (χ2n) is 6.70. The fraction of sp³-hybridized carbons (Fsp3) is 0.444. The van der Waals surface area contributed by atoms with Gasteiger partial charge in [0.25, 0.3) is 5.91 Å². The van der Waals surface area contributed by atoms with Gasteiger partial charge < -0.3 is 19.6 Å². The van der Waals surface area contributed by atoms with E-state index >= 15 is 0 Å². The Morgan fingerprint density at radius 3 is 2.67 bits per heavy atom. The third kappa shape index (κ3) is 3.50. The Bertz CT molecular complexity index is 846. The highest BCUT2D eigenvalue weighted by atomic mass is 16.5. The molecule has 1 unspecified atom stereocenters. The molecular weight excluding hydrogens is 350 g/mol. The van der Waals surface area contributed by atoms with Crippen LogP contribution in [-0.2, 0) is 4.74 Å². The van der Waals surface area contributed by atoms with Gasteiger partial charge in [0.05, 0.1) is 31.0 Å². The van der Waals surface area contributed by atoms with Crippen LogP contribution in [0.2, 0.25) is 0 Å². The minimum absolute atomic E-state index is 0.0156. The lowest BCUT2D eigenvalue weighted by atomic mass is 10.1. The molecule has 2 aliphatic heterocycles. The third-order valence-electron chi connectivity index (χ3n) is 5.04. The van der Waals surface area contributed by atoms with E-state index in [0.29, 0.717) is 38.3 Å². The molecule has 9 heteroatoms. The first-order chi connectivity index (χ1) is 13.1. The standard InChI is InChI=1S/C18H21N5O4/c24-17(14-3-1-2-4-16(14)21-7-9-27-10-8-21)22-6-5-13(11-22)23-12-15(18(25)26)19-20-23/h1-4,12-13H,5-11H2,(H,25,26). The van der Waals surface area contributed by atoms with Crippen LogP contribution < -0.4 is 4.90 Å². The molecule has 9 nitrogen and oxygen atoms in total. The molecule has 2 aliphatic rings. The number of morpholine rings is 1. The Morgan fingerprint density at radius 2 is 1.93 bits per heavy atom. The Kier molecular flexibility index (Phi) is 4.76. The maximum atomic E-state index is 13.1. The molecule has 1 aromatic carbocycles. The van der Waals surface area contributed by atoms with Crippen LogP contribution in [0.4, 0.5) is 5.69 Å². The molecule has 2 fully saturated rings. The summed E-state index contributed by atoms with van der Waals surface area (Å²) in [5, 5.41) is 16.5. The molecule has 1 N–H and O–H groups in total. The van der Waals surface area contributed by atoms with Crippen molar-refractivity contribution in [3.8, 4) is 0 Å². The smallest absolute Gasteiger partial charge is 0.358 e. The van der Waals surface area contributed by atoms with Crippen molar-refractivity contribution in [1.82, 2.24) is 19.9 Å². The fourth-order valence-electron chi connectivity index (χ4n) is 3.60. The Morgan fingerprint density at radius 1 is 1.15 bits per heavy atom. The van der Waals surface area contributed by atoms with E-state index in [1.54, 1.807) is 9.58 Å². The Balaban J connectivity index is 1.50. The van der Waals surface area contributed by atoms with Gasteiger partial charge in [0.15, 0.2) is 5.69 Å². The van der Waals surface area contributed by atoms with Crippen molar-refractivity contribution >= 4 is 17.6 Å². The second-order valence-corrected chi connectivity index (χ2v) is 6.70. The summed E-state index contributed by atoms with van der Waals surface area (Å²) in [6.45, 7) is 3.94. The molecule has 0 spiro atoms. The second kappa shape index (κ2) is 7.36. The Hall–Kier alpha value is -2.94. The van der Waals surface area contributed by atoms with Crippen LogP contribution in [0, 0.1) is 0 Å². The van der Waals surface area contributed by atoms with E-state index in [2.05, 4.69) is 15.2 Å². The van der Waals surface area contributed by atoms with Crippen molar-refractivity contribution in [2.75, 3.05) is 44.3 Å². The topological polar surface area (TPSA) is 101 Å². The summed E-state index contributed by atoms with van der Waals surface area (Å²) in [5.41, 5.74) is 1.53. The molecule has 0 saturated carbocycles. The van der Waals surface area contributed by atoms with Crippen LogP contribution in [0.1, 0.15) is 33.3 Å². The van der Waals surface area contributed by atoms with Crippen LogP contribution in [0.5, 0.6) is 0 Å². The van der Waals surface area contributed by atoms with Gasteiger partial charge in [-0.05, 0) is 18.6 Å². The molecule has 0 aliphatic carbocycles. The maximum Gasteiger partial charge on any atom is 0.358 e. The summed E-state index contributed by atoms with van der Waals surface area (Å²) in [6.07, 6.45) is 2.14. The molecule has 2 saturated heterocycles. The highest BCUT2D eigenvalue weighted by Crippen LogP contribution is 2.27. The molecule has 1 amide bonds. The molecule has 3 heterocycles. The number of aromatic nitrogens is 3. The number of para-hydroxylation sites is 1. The van der Waals surface area contributed by atoms with Gasteiger partial charge >= 0.3 is 5.97 Å². The number of anilines is 1. The van der Waals surface area contributed by atoms with Crippen molar-refractivity contribution in [1.29, 1.82) is 0 Å². The number of ether oxygens (including phenoxy) is 1. The summed E-state index contributed by atoms with van der Waals surface area (Å²) >= 11 is 0. The molecule has 1 aromatic heterocycles. The van der Waals surface area contributed by atoms with Crippen LogP contribution in [-0.4, -0.2) is 76.3 Å². The number of likely N-dealkylation sites (tertiary alicyclic amines) is 1. The number of carbonyl (C=O) groups excluding carboxylic acids is 1. The quantitative estimate of drug-likeness (QED) is 0.852. The number of hydrogen-bond acceptors (Lipinski definition) is 6. The molecule has 27 heavy (non-hydrogen) atoms.